The molecular formula is C37H49ClN2O4S2. The lowest BCUT2D eigenvalue weighted by Crippen LogP contribution is -2.46. The number of carboxylic acid groups (broad SMARTS) is 1. The summed E-state index contributed by atoms with van der Waals surface area (Å²) >= 11 is 9.33. The van der Waals surface area contributed by atoms with E-state index in [1.54, 1.807) is 35.4 Å². The molecule has 1 aliphatic rings. The minimum absolute atomic E-state index is 0.0421. The van der Waals surface area contributed by atoms with Gasteiger partial charge in [-0.2, -0.15) is 0 Å². The average molecular weight is 685 g/mol. The summed E-state index contributed by atoms with van der Waals surface area (Å²) < 4.78 is 3.13. The van der Waals surface area contributed by atoms with Gasteiger partial charge < -0.3 is 20.6 Å². The fourth-order valence-corrected chi connectivity index (χ4v) is 7.71. The smallest absolute Gasteiger partial charge is 0.337 e. The van der Waals surface area contributed by atoms with E-state index in [0.29, 0.717) is 19.0 Å². The Morgan fingerprint density at radius 1 is 1.15 bits per heavy atom. The van der Waals surface area contributed by atoms with Crippen LogP contribution in [0.4, 0.5) is 0 Å². The summed E-state index contributed by atoms with van der Waals surface area (Å²) in [5.74, 6) is -0.389. The standard InChI is InChI=1S/C28H33ClN2O3S2.C8H12.CH4O/c1-28(2,15-18-12-19-6-4-5-7-20(19)13-18)30-16-22(32)17-31(3)36-26-11-10-25(35-26)21-8-9-23(27(33)34)24(29)14-21;1-4-5-6-7-8(2)3;1-2/h4-11,14,18,22,30,32H,12-13,15-17H2,1-3H3,(H,33,34);4-7H,2H2,1,3H3;2H,1H3/b;5-4-,7-6-;. The van der Waals surface area contributed by atoms with E-state index in [4.69, 9.17) is 21.8 Å². The molecule has 2 aromatic carbocycles. The number of likely N-dealkylation sites (N-methyl/N-ethyl adjacent to an activating group) is 1. The van der Waals surface area contributed by atoms with Crippen molar-refractivity contribution >= 4 is 40.9 Å². The summed E-state index contributed by atoms with van der Waals surface area (Å²) in [4.78, 5) is 12.2. The Hall–Kier alpha value is -2.69. The second kappa shape index (κ2) is 19.9. The molecule has 46 heavy (non-hydrogen) atoms. The molecule has 1 atom stereocenters. The number of rotatable bonds is 13. The lowest BCUT2D eigenvalue weighted by molar-refractivity contribution is 0.0697. The Morgan fingerprint density at radius 3 is 2.37 bits per heavy atom. The minimum atomic E-state index is -1.03. The van der Waals surface area contributed by atoms with Gasteiger partial charge in [0, 0.05) is 30.6 Å². The van der Waals surface area contributed by atoms with Crippen molar-refractivity contribution in [2.45, 2.75) is 62.8 Å². The summed E-state index contributed by atoms with van der Waals surface area (Å²) in [6, 6.07) is 17.8. The van der Waals surface area contributed by atoms with Crippen molar-refractivity contribution < 1.29 is 20.1 Å². The van der Waals surface area contributed by atoms with Crippen LogP contribution in [0.25, 0.3) is 10.4 Å². The normalized spacial score (nSPS) is 13.7. The second-order valence-corrected chi connectivity index (χ2v) is 14.9. The highest BCUT2D eigenvalue weighted by Crippen LogP contribution is 2.36. The summed E-state index contributed by atoms with van der Waals surface area (Å²) in [5, 5.41) is 30.7. The summed E-state index contributed by atoms with van der Waals surface area (Å²) in [7, 11) is 2.98. The number of thiophene rings is 1. The Labute approximate surface area is 288 Å². The number of carboxylic acids is 1. The number of hydrogen-bond donors (Lipinski definition) is 4. The first-order valence-corrected chi connectivity index (χ1v) is 17.2. The fourth-order valence-electron chi connectivity index (χ4n) is 5.23. The molecule has 0 saturated carbocycles. The van der Waals surface area contributed by atoms with Crippen LogP contribution in [-0.2, 0) is 12.8 Å². The molecule has 1 unspecified atom stereocenters. The molecule has 0 aliphatic heterocycles. The van der Waals surface area contributed by atoms with E-state index in [1.165, 1.54) is 17.2 Å². The van der Waals surface area contributed by atoms with E-state index in [9.17, 15) is 9.90 Å². The predicted molar refractivity (Wildman–Crippen MR) is 197 cm³/mol. The number of aliphatic hydroxyl groups is 2. The zero-order valence-corrected chi connectivity index (χ0v) is 30.2. The van der Waals surface area contributed by atoms with Crippen LogP contribution < -0.4 is 5.32 Å². The number of allylic oxidation sites excluding steroid dienone is 5. The van der Waals surface area contributed by atoms with Gasteiger partial charge >= 0.3 is 5.97 Å². The van der Waals surface area contributed by atoms with Crippen LogP contribution in [0.5, 0.6) is 0 Å². The second-order valence-electron chi connectivity index (χ2n) is 11.9. The third kappa shape index (κ3) is 13.6. The highest BCUT2D eigenvalue weighted by atomic mass is 35.5. The van der Waals surface area contributed by atoms with E-state index in [2.05, 4.69) is 50.0 Å². The van der Waals surface area contributed by atoms with Crippen LogP contribution in [0.15, 0.2) is 95.3 Å². The lowest BCUT2D eigenvalue weighted by Gasteiger charge is -2.31. The summed E-state index contributed by atoms with van der Waals surface area (Å²) in [6.45, 7) is 13.2. The number of aromatic carboxylic acids is 1. The van der Waals surface area contributed by atoms with E-state index >= 15 is 0 Å². The van der Waals surface area contributed by atoms with Crippen molar-refractivity contribution in [2.75, 3.05) is 27.2 Å². The minimum Gasteiger partial charge on any atom is -0.478 e. The van der Waals surface area contributed by atoms with Gasteiger partial charge in [0.2, 0.25) is 0 Å². The largest absolute Gasteiger partial charge is 0.478 e. The average Bonchev–Trinajstić information content (AvgIpc) is 3.63. The monoisotopic (exact) mass is 684 g/mol. The van der Waals surface area contributed by atoms with Gasteiger partial charge in [-0.25, -0.2) is 9.10 Å². The van der Waals surface area contributed by atoms with Crippen LogP contribution >= 0.6 is 34.9 Å². The topological polar surface area (TPSA) is 93.0 Å². The van der Waals surface area contributed by atoms with Crippen molar-refractivity contribution in [3.63, 3.8) is 0 Å². The van der Waals surface area contributed by atoms with Gasteiger partial charge in [-0.1, -0.05) is 78.4 Å². The van der Waals surface area contributed by atoms with Crippen LogP contribution in [0.2, 0.25) is 5.02 Å². The van der Waals surface area contributed by atoms with E-state index in [0.717, 1.165) is 46.6 Å². The fraction of sp³-hybridized carbons (Fsp3) is 0.378. The number of benzene rings is 2. The van der Waals surface area contributed by atoms with Crippen molar-refractivity contribution in [1.29, 1.82) is 0 Å². The number of fused-ring (bicyclic) bond motifs is 1. The van der Waals surface area contributed by atoms with E-state index < -0.39 is 12.1 Å². The van der Waals surface area contributed by atoms with Crippen LogP contribution in [0.1, 0.15) is 55.6 Å². The van der Waals surface area contributed by atoms with Gasteiger partial charge in [0.15, 0.2) is 0 Å². The van der Waals surface area contributed by atoms with Crippen LogP contribution in [0.3, 0.4) is 0 Å². The first kappa shape index (κ1) is 39.5. The van der Waals surface area contributed by atoms with Crippen molar-refractivity contribution in [3.05, 3.63) is 113 Å². The maximum atomic E-state index is 11.2. The molecule has 4 N–H and O–H groups in total. The van der Waals surface area contributed by atoms with Crippen LogP contribution in [-0.4, -0.2) is 64.5 Å². The number of nitrogens with zero attached hydrogens (tertiary/aromatic N) is 1. The molecule has 0 fully saturated rings. The molecule has 250 valence electrons. The first-order valence-electron chi connectivity index (χ1n) is 15.3. The molecule has 0 saturated heterocycles. The predicted octanol–water partition coefficient (Wildman–Crippen LogP) is 8.54. The van der Waals surface area contributed by atoms with Gasteiger partial charge in [-0.15, -0.1) is 11.3 Å². The van der Waals surface area contributed by atoms with Crippen molar-refractivity contribution in [1.82, 2.24) is 9.62 Å². The molecule has 3 aromatic rings. The first-order chi connectivity index (χ1) is 21.9. The highest BCUT2D eigenvalue weighted by Gasteiger charge is 2.28. The summed E-state index contributed by atoms with van der Waals surface area (Å²) in [6.07, 6.45) is 10.8. The SMILES string of the molecule is C=C(C)/C=C\C=C/C.CN(CC(O)CNC(C)(C)CC1Cc2ccccc2C1)Sc1ccc(-c2ccc(C(=O)O)c(Cl)c2)s1.CO. The number of halogens is 1. The highest BCUT2D eigenvalue weighted by molar-refractivity contribution is 7.99. The van der Waals surface area contributed by atoms with Crippen LogP contribution in [0, 0.1) is 5.92 Å². The third-order valence-electron chi connectivity index (χ3n) is 7.21. The molecule has 1 aromatic heterocycles. The van der Waals surface area contributed by atoms with Gasteiger partial charge in [-0.3, -0.25) is 0 Å². The molecule has 1 aliphatic carbocycles. The zero-order valence-electron chi connectivity index (χ0n) is 27.8. The molecule has 6 nitrogen and oxygen atoms in total. The van der Waals surface area contributed by atoms with E-state index in [-0.39, 0.29) is 16.1 Å². The van der Waals surface area contributed by atoms with Gasteiger partial charge in [0.05, 0.1) is 20.9 Å². The number of β-amino-alcohol motifs (C(OH)–C–C–N with tert-alkyl or cyclic N) is 1. The lowest BCUT2D eigenvalue weighted by atomic mass is 9.88. The van der Waals surface area contributed by atoms with E-state index in [1.807, 2.05) is 61.6 Å². The maximum absolute atomic E-state index is 11.2. The molecular weight excluding hydrogens is 636 g/mol. The maximum Gasteiger partial charge on any atom is 0.337 e. The Bertz CT molecular complexity index is 1440. The molecule has 1 heterocycles. The van der Waals surface area contributed by atoms with Gasteiger partial charge in [-0.05, 0) is 113 Å². The molecule has 0 spiro atoms. The van der Waals surface area contributed by atoms with Crippen molar-refractivity contribution in [2.24, 2.45) is 5.92 Å². The van der Waals surface area contributed by atoms with Gasteiger partial charge in [0.1, 0.15) is 0 Å². The quantitative estimate of drug-likeness (QED) is 0.106. The number of carbonyl (C=O) groups is 1. The Balaban J connectivity index is 0.000000643. The Kier molecular flexibility index (Phi) is 17.0. The molecule has 0 amide bonds. The summed E-state index contributed by atoms with van der Waals surface area (Å²) in [5.41, 5.74) is 5.00. The number of nitrogens with one attached hydrogen (secondary N) is 1. The zero-order chi connectivity index (χ0) is 34.3. The Morgan fingerprint density at radius 2 is 1.80 bits per heavy atom. The number of hydrogen-bond acceptors (Lipinski definition) is 7. The molecule has 4 rings (SSSR count). The van der Waals surface area contributed by atoms with Crippen molar-refractivity contribution in [3.8, 4) is 10.4 Å². The number of aliphatic hydroxyl groups excluding tert-OH is 2. The third-order valence-corrected chi connectivity index (χ3v) is 9.71. The molecule has 0 radical (unpaired) electrons. The molecule has 9 heteroatoms. The molecule has 0 bridgehead atoms. The van der Waals surface area contributed by atoms with Gasteiger partial charge in [0.25, 0.3) is 0 Å².